The Morgan fingerprint density at radius 1 is 1.13 bits per heavy atom. The third-order valence-electron chi connectivity index (χ3n) is 8.92. The topological polar surface area (TPSA) is 55.5 Å². The summed E-state index contributed by atoms with van der Waals surface area (Å²) in [6.07, 6.45) is 14.5. The van der Waals surface area contributed by atoms with Crippen LogP contribution in [0.1, 0.15) is 70.3 Å². The van der Waals surface area contributed by atoms with Gasteiger partial charge in [0.05, 0.1) is 5.41 Å². The quantitative estimate of drug-likeness (QED) is 0.524. The molecular weight excluding hydrogens is 368 g/mol. The molecule has 3 heteroatoms. The molecule has 160 valence electrons. The highest BCUT2D eigenvalue weighted by Crippen LogP contribution is 2.72. The monoisotopic (exact) mass is 404 g/mol. The Morgan fingerprint density at radius 3 is 2.60 bits per heavy atom. The highest BCUT2D eigenvalue weighted by molar-refractivity contribution is 5.92. The van der Waals surface area contributed by atoms with Gasteiger partial charge in [-0.1, -0.05) is 48.9 Å². The standard InChI is InChI=1S/C27H36N2O/c1-2-6-23-21-13-26(22-7-4-3-5-8-22)15-24(23)27(14-21,18-26)25(30)29-17-20-11-9-19(16-28)10-12-20/h3-8,17,19-21,24H,2,9-16,18,28H2,1H3/b23-6-,29-17+. The van der Waals surface area contributed by atoms with Crippen molar-refractivity contribution in [2.24, 2.45) is 39.8 Å². The fraction of sp³-hybridized carbons (Fsp3) is 0.630. The molecule has 5 saturated carbocycles. The van der Waals surface area contributed by atoms with Crippen LogP contribution in [0.25, 0.3) is 0 Å². The van der Waals surface area contributed by atoms with Gasteiger partial charge in [-0.2, -0.15) is 0 Å². The molecule has 4 atom stereocenters. The van der Waals surface area contributed by atoms with E-state index < -0.39 is 0 Å². The van der Waals surface area contributed by atoms with Crippen molar-refractivity contribution in [1.82, 2.24) is 0 Å². The number of rotatable bonds is 5. The summed E-state index contributed by atoms with van der Waals surface area (Å²) in [5, 5.41) is 0. The molecule has 30 heavy (non-hydrogen) atoms. The van der Waals surface area contributed by atoms with E-state index in [9.17, 15) is 4.79 Å². The van der Waals surface area contributed by atoms with Crippen molar-refractivity contribution in [3.05, 3.63) is 47.5 Å². The second-order valence-corrected chi connectivity index (χ2v) is 10.6. The van der Waals surface area contributed by atoms with E-state index in [1.54, 1.807) is 5.57 Å². The van der Waals surface area contributed by atoms with Crippen LogP contribution in [0.2, 0.25) is 0 Å². The first kappa shape index (κ1) is 20.2. The van der Waals surface area contributed by atoms with E-state index in [2.05, 4.69) is 48.3 Å². The summed E-state index contributed by atoms with van der Waals surface area (Å²) in [5.74, 6) is 2.26. The number of benzene rings is 1. The second kappa shape index (κ2) is 7.75. The maximum atomic E-state index is 13.7. The van der Waals surface area contributed by atoms with Gasteiger partial charge in [-0.15, -0.1) is 0 Å². The average molecular weight is 405 g/mol. The van der Waals surface area contributed by atoms with Crippen molar-refractivity contribution in [2.75, 3.05) is 6.54 Å². The molecule has 0 heterocycles. The number of carbonyl (C=O) groups excluding carboxylic acids is 1. The molecule has 1 amide bonds. The van der Waals surface area contributed by atoms with Crippen LogP contribution in [0.3, 0.4) is 0 Å². The Morgan fingerprint density at radius 2 is 1.90 bits per heavy atom. The molecule has 0 spiro atoms. The molecule has 0 aliphatic heterocycles. The summed E-state index contributed by atoms with van der Waals surface area (Å²) in [7, 11) is 0. The van der Waals surface area contributed by atoms with Crippen LogP contribution in [0.15, 0.2) is 47.0 Å². The van der Waals surface area contributed by atoms with Crippen molar-refractivity contribution >= 4 is 12.1 Å². The summed E-state index contributed by atoms with van der Waals surface area (Å²) in [6, 6.07) is 11.0. The molecule has 0 aromatic heterocycles. The lowest BCUT2D eigenvalue weighted by molar-refractivity contribution is -0.129. The van der Waals surface area contributed by atoms with E-state index in [4.69, 9.17) is 5.73 Å². The maximum absolute atomic E-state index is 13.7. The van der Waals surface area contributed by atoms with E-state index >= 15 is 0 Å². The zero-order chi connectivity index (χ0) is 20.8. The third-order valence-corrected chi connectivity index (χ3v) is 8.92. The van der Waals surface area contributed by atoms with Crippen LogP contribution >= 0.6 is 0 Å². The molecule has 4 bridgehead atoms. The molecule has 4 unspecified atom stereocenters. The largest absolute Gasteiger partial charge is 0.330 e. The zero-order valence-electron chi connectivity index (χ0n) is 18.4. The number of carbonyl (C=O) groups is 1. The Bertz CT molecular complexity index is 851. The number of amides is 1. The first-order chi connectivity index (χ1) is 14.6. The third kappa shape index (κ3) is 3.12. The Hall–Kier alpha value is -1.74. The van der Waals surface area contributed by atoms with Gasteiger partial charge in [0.25, 0.3) is 5.91 Å². The van der Waals surface area contributed by atoms with Crippen molar-refractivity contribution in [2.45, 2.75) is 70.1 Å². The highest BCUT2D eigenvalue weighted by atomic mass is 16.1. The summed E-state index contributed by atoms with van der Waals surface area (Å²) in [6.45, 7) is 3.02. The summed E-state index contributed by atoms with van der Waals surface area (Å²) >= 11 is 0. The molecule has 0 radical (unpaired) electrons. The predicted molar refractivity (Wildman–Crippen MR) is 122 cm³/mol. The number of nitrogens with two attached hydrogens (primary N) is 1. The van der Waals surface area contributed by atoms with Crippen LogP contribution in [0.5, 0.6) is 0 Å². The highest BCUT2D eigenvalue weighted by Gasteiger charge is 2.69. The van der Waals surface area contributed by atoms with Crippen LogP contribution < -0.4 is 5.73 Å². The van der Waals surface area contributed by atoms with Gasteiger partial charge in [0.2, 0.25) is 0 Å². The van der Waals surface area contributed by atoms with Crippen molar-refractivity contribution in [3.8, 4) is 0 Å². The molecule has 5 aliphatic carbocycles. The summed E-state index contributed by atoms with van der Waals surface area (Å²) in [5.41, 5.74) is 8.76. The van der Waals surface area contributed by atoms with E-state index in [1.165, 1.54) is 24.8 Å². The molecule has 1 aromatic rings. The Kier molecular flexibility index (Phi) is 5.21. The van der Waals surface area contributed by atoms with E-state index in [0.29, 0.717) is 23.7 Å². The fourth-order valence-electron chi connectivity index (χ4n) is 7.56. The zero-order valence-corrected chi connectivity index (χ0v) is 18.4. The van der Waals surface area contributed by atoms with Crippen molar-refractivity contribution < 1.29 is 4.79 Å². The normalized spacial score (nSPS) is 41.2. The predicted octanol–water partition coefficient (Wildman–Crippen LogP) is 5.44. The van der Waals surface area contributed by atoms with Crippen LogP contribution in [0, 0.1) is 29.1 Å². The number of hydrogen-bond donors (Lipinski definition) is 1. The van der Waals surface area contributed by atoms with E-state index in [1.807, 2.05) is 6.21 Å². The Labute approximate surface area is 181 Å². The molecular formula is C27H36N2O. The lowest BCUT2D eigenvalue weighted by atomic mass is 9.63. The van der Waals surface area contributed by atoms with Gasteiger partial charge >= 0.3 is 0 Å². The minimum atomic E-state index is -0.259. The molecule has 6 rings (SSSR count). The van der Waals surface area contributed by atoms with Crippen LogP contribution in [0.4, 0.5) is 0 Å². The molecule has 2 N–H and O–H groups in total. The molecule has 1 aromatic carbocycles. The molecule has 3 nitrogen and oxygen atoms in total. The first-order valence-corrected chi connectivity index (χ1v) is 12.1. The average Bonchev–Trinajstić information content (AvgIpc) is 3.16. The number of aliphatic imine (C=N–C) groups is 1. The molecule has 5 fully saturated rings. The van der Waals surface area contributed by atoms with Gasteiger partial charge in [0, 0.05) is 6.21 Å². The van der Waals surface area contributed by atoms with Gasteiger partial charge in [0.15, 0.2) is 0 Å². The fourth-order valence-corrected chi connectivity index (χ4v) is 7.56. The number of allylic oxidation sites excluding steroid dienone is 2. The smallest absolute Gasteiger partial charge is 0.252 e. The summed E-state index contributed by atoms with van der Waals surface area (Å²) < 4.78 is 0. The van der Waals surface area contributed by atoms with Crippen LogP contribution in [-0.4, -0.2) is 18.7 Å². The molecule has 5 aliphatic rings. The van der Waals surface area contributed by atoms with Gasteiger partial charge in [-0.05, 0) is 99.0 Å². The van der Waals surface area contributed by atoms with Gasteiger partial charge in [0.1, 0.15) is 0 Å². The number of hydrogen-bond acceptors (Lipinski definition) is 2. The Balaban J connectivity index is 1.40. The van der Waals surface area contributed by atoms with Crippen molar-refractivity contribution in [3.63, 3.8) is 0 Å². The first-order valence-electron chi connectivity index (χ1n) is 12.1. The maximum Gasteiger partial charge on any atom is 0.252 e. The lowest BCUT2D eigenvalue weighted by Crippen LogP contribution is -2.37. The van der Waals surface area contributed by atoms with Gasteiger partial charge < -0.3 is 5.73 Å². The van der Waals surface area contributed by atoms with E-state index in [-0.39, 0.29) is 16.7 Å². The lowest BCUT2D eigenvalue weighted by Gasteiger charge is -2.41. The van der Waals surface area contributed by atoms with Crippen molar-refractivity contribution in [1.29, 1.82) is 0 Å². The van der Waals surface area contributed by atoms with Gasteiger partial charge in [-0.25, -0.2) is 4.99 Å². The minimum absolute atomic E-state index is 0.171. The van der Waals surface area contributed by atoms with Crippen LogP contribution in [-0.2, 0) is 10.2 Å². The minimum Gasteiger partial charge on any atom is -0.330 e. The molecule has 0 saturated heterocycles. The van der Waals surface area contributed by atoms with Gasteiger partial charge in [-0.3, -0.25) is 4.79 Å². The number of nitrogens with zero attached hydrogens (tertiary/aromatic N) is 1. The SMILES string of the molecule is CC/C=C1/C2CC3(c4ccccc4)CC1C(C(=O)/N=C/C1CCC(CN)CC1)(C2)C3. The summed E-state index contributed by atoms with van der Waals surface area (Å²) in [4.78, 5) is 18.3. The van der Waals surface area contributed by atoms with E-state index in [0.717, 1.165) is 45.1 Å². The second-order valence-electron chi connectivity index (χ2n) is 10.6.